The van der Waals surface area contributed by atoms with Crippen LogP contribution in [-0.4, -0.2) is 47.5 Å². The summed E-state index contributed by atoms with van der Waals surface area (Å²) in [5.74, 6) is -0.957. The fraction of sp³-hybridized carbons (Fsp3) is 0.357. The van der Waals surface area contributed by atoms with Crippen LogP contribution in [0.4, 0.5) is 4.79 Å². The summed E-state index contributed by atoms with van der Waals surface area (Å²) in [6.45, 7) is 0.907. The Morgan fingerprint density at radius 1 is 1.38 bits per heavy atom. The number of rotatable bonds is 5. The number of nitrogens with one attached hydrogen (secondary N) is 2. The second-order valence-electron chi connectivity index (χ2n) is 5.04. The second-order valence-corrected chi connectivity index (χ2v) is 5.04. The van der Waals surface area contributed by atoms with Crippen molar-refractivity contribution in [1.82, 2.24) is 15.5 Å². The lowest BCUT2D eigenvalue weighted by Crippen LogP contribution is -2.50. The normalized spacial score (nSPS) is 17.3. The maximum atomic E-state index is 12.0. The molecule has 0 aliphatic carbocycles. The van der Waals surface area contributed by atoms with E-state index in [1.54, 1.807) is 31.2 Å². The summed E-state index contributed by atoms with van der Waals surface area (Å²) < 4.78 is 0. The predicted octanol–water partition coefficient (Wildman–Crippen LogP) is -0.438. The zero-order chi connectivity index (χ0) is 15.5. The van der Waals surface area contributed by atoms with E-state index in [1.165, 1.54) is 0 Å². The van der Waals surface area contributed by atoms with Gasteiger partial charge in [0, 0.05) is 0 Å². The smallest absolute Gasteiger partial charge is 0.325 e. The second kappa shape index (κ2) is 5.92. The van der Waals surface area contributed by atoms with Crippen LogP contribution < -0.4 is 10.6 Å². The molecule has 4 amide bonds. The number of carbonyl (C=O) groups is 3. The van der Waals surface area contributed by atoms with E-state index in [0.29, 0.717) is 0 Å². The van der Waals surface area contributed by atoms with E-state index in [9.17, 15) is 19.5 Å². The van der Waals surface area contributed by atoms with Crippen molar-refractivity contribution in [2.45, 2.75) is 12.5 Å². The van der Waals surface area contributed by atoms with Gasteiger partial charge in [0.2, 0.25) is 5.91 Å². The van der Waals surface area contributed by atoms with Crippen LogP contribution in [0.15, 0.2) is 30.3 Å². The number of benzene rings is 1. The number of carbonyl (C=O) groups excluding carboxylic acids is 3. The molecule has 1 unspecified atom stereocenters. The van der Waals surface area contributed by atoms with E-state index in [-0.39, 0.29) is 19.7 Å². The van der Waals surface area contributed by atoms with Gasteiger partial charge in [-0.2, -0.15) is 0 Å². The Balaban J connectivity index is 2.06. The first-order valence-corrected chi connectivity index (χ1v) is 6.52. The highest BCUT2D eigenvalue weighted by molar-refractivity contribution is 6.04. The topological polar surface area (TPSA) is 98.7 Å². The molecule has 1 aliphatic rings. The van der Waals surface area contributed by atoms with E-state index >= 15 is 0 Å². The zero-order valence-corrected chi connectivity index (χ0v) is 11.6. The molecule has 1 aromatic carbocycles. The molecule has 0 radical (unpaired) electrons. The van der Waals surface area contributed by atoms with Gasteiger partial charge in [0.15, 0.2) is 0 Å². The maximum Gasteiger partial charge on any atom is 0.325 e. The first-order chi connectivity index (χ1) is 9.96. The fourth-order valence-electron chi connectivity index (χ4n) is 2.12. The van der Waals surface area contributed by atoms with E-state index in [0.717, 1.165) is 10.5 Å². The van der Waals surface area contributed by atoms with Gasteiger partial charge in [-0.3, -0.25) is 14.5 Å². The van der Waals surface area contributed by atoms with E-state index in [4.69, 9.17) is 0 Å². The molecule has 21 heavy (non-hydrogen) atoms. The van der Waals surface area contributed by atoms with Crippen LogP contribution in [0.1, 0.15) is 12.5 Å². The van der Waals surface area contributed by atoms with Crippen molar-refractivity contribution >= 4 is 17.8 Å². The Hall–Kier alpha value is -2.41. The highest BCUT2D eigenvalue weighted by Crippen LogP contribution is 2.19. The molecular weight excluding hydrogens is 274 g/mol. The molecule has 1 heterocycles. The minimum Gasteiger partial charge on any atom is -0.394 e. The molecule has 112 valence electrons. The van der Waals surface area contributed by atoms with Crippen LogP contribution in [0.3, 0.4) is 0 Å². The van der Waals surface area contributed by atoms with E-state index < -0.39 is 23.4 Å². The molecule has 1 fully saturated rings. The van der Waals surface area contributed by atoms with Gasteiger partial charge in [0.05, 0.1) is 18.7 Å². The van der Waals surface area contributed by atoms with Gasteiger partial charge in [0.1, 0.15) is 6.54 Å². The lowest BCUT2D eigenvalue weighted by atomic mass is 9.93. The third kappa shape index (κ3) is 3.19. The summed E-state index contributed by atoms with van der Waals surface area (Å²) in [6.07, 6.45) is 0. The summed E-state index contributed by atoms with van der Waals surface area (Å²) in [6, 6.07) is 8.41. The van der Waals surface area contributed by atoms with E-state index in [1.807, 2.05) is 6.07 Å². The first-order valence-electron chi connectivity index (χ1n) is 6.52. The van der Waals surface area contributed by atoms with Crippen LogP contribution in [-0.2, 0) is 15.1 Å². The quantitative estimate of drug-likeness (QED) is 0.641. The van der Waals surface area contributed by atoms with Crippen LogP contribution >= 0.6 is 0 Å². The van der Waals surface area contributed by atoms with Gasteiger partial charge in [-0.15, -0.1) is 0 Å². The Labute approximate surface area is 121 Å². The SMILES string of the molecule is CC(CO)(NC(=O)CN1C(=O)CNC1=O)c1ccccc1. The number of nitrogens with zero attached hydrogens (tertiary/aromatic N) is 1. The van der Waals surface area contributed by atoms with Gasteiger partial charge in [0.25, 0.3) is 5.91 Å². The molecule has 0 aromatic heterocycles. The largest absolute Gasteiger partial charge is 0.394 e. The number of amides is 4. The first kappa shape index (κ1) is 15.0. The van der Waals surface area contributed by atoms with E-state index in [2.05, 4.69) is 10.6 Å². The summed E-state index contributed by atoms with van der Waals surface area (Å²) in [7, 11) is 0. The predicted molar refractivity (Wildman–Crippen MR) is 74.1 cm³/mol. The molecule has 0 saturated carbocycles. The Bertz CT molecular complexity index is 545. The molecule has 1 saturated heterocycles. The molecule has 0 spiro atoms. The maximum absolute atomic E-state index is 12.0. The average molecular weight is 291 g/mol. The number of aliphatic hydroxyl groups excluding tert-OH is 1. The Morgan fingerprint density at radius 3 is 2.57 bits per heavy atom. The van der Waals surface area contributed by atoms with Gasteiger partial charge in [-0.25, -0.2) is 4.79 Å². The summed E-state index contributed by atoms with van der Waals surface area (Å²) >= 11 is 0. The third-order valence-electron chi connectivity index (χ3n) is 3.38. The molecule has 3 N–H and O–H groups in total. The lowest BCUT2D eigenvalue weighted by Gasteiger charge is -2.30. The third-order valence-corrected chi connectivity index (χ3v) is 3.38. The van der Waals surface area contributed by atoms with Crippen molar-refractivity contribution in [3.05, 3.63) is 35.9 Å². The molecule has 2 rings (SSSR count). The van der Waals surface area contributed by atoms with Crippen LogP contribution in [0.5, 0.6) is 0 Å². The highest BCUT2D eigenvalue weighted by atomic mass is 16.3. The number of aliphatic hydroxyl groups is 1. The number of hydrogen-bond acceptors (Lipinski definition) is 4. The number of urea groups is 1. The van der Waals surface area contributed by atoms with Crippen molar-refractivity contribution in [3.8, 4) is 0 Å². The Morgan fingerprint density at radius 2 is 2.05 bits per heavy atom. The molecule has 1 aromatic rings. The van der Waals surface area contributed by atoms with Crippen LogP contribution in [0.2, 0.25) is 0 Å². The summed E-state index contributed by atoms with van der Waals surface area (Å²) in [4.78, 5) is 35.7. The zero-order valence-electron chi connectivity index (χ0n) is 11.6. The standard InChI is InChI=1S/C14H17N3O4/c1-14(9-18,10-5-3-2-4-6-10)16-11(19)8-17-12(20)7-15-13(17)21/h2-6,18H,7-9H2,1H3,(H,15,21)(H,16,19). The summed E-state index contributed by atoms with van der Waals surface area (Å²) in [5.41, 5.74) is -0.240. The van der Waals surface area contributed by atoms with Crippen molar-refractivity contribution in [1.29, 1.82) is 0 Å². The van der Waals surface area contributed by atoms with Crippen molar-refractivity contribution in [2.75, 3.05) is 19.7 Å². The van der Waals surface area contributed by atoms with Crippen molar-refractivity contribution in [3.63, 3.8) is 0 Å². The van der Waals surface area contributed by atoms with Gasteiger partial charge < -0.3 is 15.7 Å². The number of imide groups is 1. The summed E-state index contributed by atoms with van der Waals surface area (Å²) in [5, 5.41) is 14.6. The van der Waals surface area contributed by atoms with Crippen LogP contribution in [0.25, 0.3) is 0 Å². The minimum absolute atomic E-state index is 0.0952. The molecular formula is C14H17N3O4. The monoisotopic (exact) mass is 291 g/mol. The average Bonchev–Trinajstić information content (AvgIpc) is 2.80. The fourth-order valence-corrected chi connectivity index (χ4v) is 2.12. The molecule has 1 aliphatic heterocycles. The number of hydrogen-bond donors (Lipinski definition) is 3. The van der Waals surface area contributed by atoms with Gasteiger partial charge in [-0.1, -0.05) is 30.3 Å². The molecule has 7 nitrogen and oxygen atoms in total. The minimum atomic E-state index is -0.975. The molecule has 1 atom stereocenters. The highest BCUT2D eigenvalue weighted by Gasteiger charge is 2.33. The van der Waals surface area contributed by atoms with Crippen molar-refractivity contribution < 1.29 is 19.5 Å². The lowest BCUT2D eigenvalue weighted by molar-refractivity contribution is -0.131. The van der Waals surface area contributed by atoms with Crippen molar-refractivity contribution in [2.24, 2.45) is 0 Å². The Kier molecular flexibility index (Phi) is 4.23. The molecule has 7 heteroatoms. The molecule has 0 bridgehead atoms. The van der Waals surface area contributed by atoms with Gasteiger partial charge >= 0.3 is 6.03 Å². The van der Waals surface area contributed by atoms with Gasteiger partial charge in [-0.05, 0) is 12.5 Å². The van der Waals surface area contributed by atoms with Crippen LogP contribution in [0, 0.1) is 0 Å².